The van der Waals surface area contributed by atoms with Crippen LogP contribution in [0.3, 0.4) is 0 Å². The van der Waals surface area contributed by atoms with Gasteiger partial charge in [-0.2, -0.15) is 0 Å². The molecule has 1 aromatic carbocycles. The lowest BCUT2D eigenvalue weighted by molar-refractivity contribution is -0.119. The van der Waals surface area contributed by atoms with Gasteiger partial charge in [-0.25, -0.2) is 0 Å². The highest BCUT2D eigenvalue weighted by Crippen LogP contribution is 2.18. The van der Waals surface area contributed by atoms with E-state index < -0.39 is 0 Å². The van der Waals surface area contributed by atoms with Gasteiger partial charge >= 0.3 is 0 Å². The number of aromatic hydroxyl groups is 1. The second-order valence-electron chi connectivity index (χ2n) is 3.97. The minimum atomic E-state index is -0.0640. The molecule has 0 heterocycles. The Morgan fingerprint density at radius 2 is 1.59 bits per heavy atom. The number of Topliss-reactive ketones (excluding diaryl/α,β-unsaturated/α-hetero) is 1. The van der Waals surface area contributed by atoms with Gasteiger partial charge in [-0.05, 0) is 44.9 Å². The molecular formula is C19H37NO2. The predicted octanol–water partition coefficient (Wildman–Crippen LogP) is 4.97. The molecule has 1 atom stereocenters. The van der Waals surface area contributed by atoms with E-state index in [9.17, 15) is 9.90 Å². The zero-order chi connectivity index (χ0) is 18.0. The van der Waals surface area contributed by atoms with E-state index in [0.29, 0.717) is 5.75 Å². The second-order valence-corrected chi connectivity index (χ2v) is 3.97. The fraction of sp³-hybridized carbons (Fsp3) is 0.632. The van der Waals surface area contributed by atoms with Crippen molar-refractivity contribution in [3.63, 3.8) is 0 Å². The van der Waals surface area contributed by atoms with Gasteiger partial charge < -0.3 is 10.4 Å². The van der Waals surface area contributed by atoms with Crippen LogP contribution in [0.5, 0.6) is 5.75 Å². The minimum absolute atomic E-state index is 0.0640. The largest absolute Gasteiger partial charge is 0.508 e. The Bertz CT molecular complexity index is 351. The van der Waals surface area contributed by atoms with Gasteiger partial charge in [0.2, 0.25) is 0 Å². The Morgan fingerprint density at radius 3 is 2.00 bits per heavy atom. The summed E-state index contributed by atoms with van der Waals surface area (Å²) < 4.78 is 0. The number of carbonyl (C=O) groups excluding carboxylic acids is 1. The SMILES string of the molecule is CC.CC.CC.CNC(CCCc1ccccc1O)C(C)=O. The summed E-state index contributed by atoms with van der Waals surface area (Å²) in [5, 5.41) is 12.5. The van der Waals surface area contributed by atoms with Gasteiger partial charge in [0.1, 0.15) is 11.5 Å². The molecule has 0 aromatic heterocycles. The van der Waals surface area contributed by atoms with Gasteiger partial charge in [-0.15, -0.1) is 0 Å². The number of nitrogens with one attached hydrogen (secondary N) is 1. The number of ketones is 1. The van der Waals surface area contributed by atoms with Crippen molar-refractivity contribution in [3.8, 4) is 5.75 Å². The zero-order valence-corrected chi connectivity index (χ0v) is 15.9. The van der Waals surface area contributed by atoms with Crippen LogP contribution < -0.4 is 5.32 Å². The molecule has 0 spiro atoms. The van der Waals surface area contributed by atoms with E-state index in [0.717, 1.165) is 24.8 Å². The first-order valence-electron chi connectivity index (χ1n) is 8.59. The first-order chi connectivity index (χ1) is 10.6. The molecule has 1 aromatic rings. The number of likely N-dealkylation sites (N-methyl/N-ethyl adjacent to an activating group) is 1. The normalized spacial score (nSPS) is 9.82. The van der Waals surface area contributed by atoms with E-state index >= 15 is 0 Å². The summed E-state index contributed by atoms with van der Waals surface area (Å²) in [5.41, 5.74) is 0.945. The molecule has 0 aliphatic carbocycles. The summed E-state index contributed by atoms with van der Waals surface area (Å²) in [6.45, 7) is 13.6. The molecule has 22 heavy (non-hydrogen) atoms. The maximum Gasteiger partial charge on any atom is 0.146 e. The Hall–Kier alpha value is -1.35. The van der Waals surface area contributed by atoms with Crippen molar-refractivity contribution in [3.05, 3.63) is 29.8 Å². The van der Waals surface area contributed by atoms with Crippen LogP contribution in [0.4, 0.5) is 0 Å². The van der Waals surface area contributed by atoms with Crippen molar-refractivity contribution in [1.82, 2.24) is 5.32 Å². The summed E-state index contributed by atoms with van der Waals surface area (Å²) >= 11 is 0. The van der Waals surface area contributed by atoms with Crippen LogP contribution in [0.1, 0.15) is 66.9 Å². The first kappa shape index (κ1) is 25.6. The summed E-state index contributed by atoms with van der Waals surface area (Å²) in [7, 11) is 1.80. The third-order valence-electron chi connectivity index (χ3n) is 2.77. The quantitative estimate of drug-likeness (QED) is 0.779. The summed E-state index contributed by atoms with van der Waals surface area (Å²) in [4.78, 5) is 11.2. The first-order valence-corrected chi connectivity index (χ1v) is 8.59. The van der Waals surface area contributed by atoms with Crippen molar-refractivity contribution in [2.45, 2.75) is 73.8 Å². The molecule has 1 unspecified atom stereocenters. The number of phenolic OH excluding ortho intramolecular Hbond substituents is 1. The lowest BCUT2D eigenvalue weighted by atomic mass is 10.0. The molecule has 0 saturated carbocycles. The zero-order valence-electron chi connectivity index (χ0n) is 15.9. The number of para-hydroxylation sites is 1. The minimum Gasteiger partial charge on any atom is -0.508 e. The fourth-order valence-electron chi connectivity index (χ4n) is 1.77. The second kappa shape index (κ2) is 19.7. The average Bonchev–Trinajstić information content (AvgIpc) is 2.58. The molecule has 3 nitrogen and oxygen atoms in total. The summed E-state index contributed by atoms with van der Waals surface area (Å²) in [6, 6.07) is 7.26. The molecule has 3 heteroatoms. The number of hydrogen-bond acceptors (Lipinski definition) is 3. The molecule has 0 radical (unpaired) electrons. The Labute approximate surface area is 138 Å². The molecule has 0 saturated heterocycles. The van der Waals surface area contributed by atoms with Crippen molar-refractivity contribution in [1.29, 1.82) is 0 Å². The monoisotopic (exact) mass is 311 g/mol. The molecule has 0 aliphatic heterocycles. The van der Waals surface area contributed by atoms with Crippen LogP contribution in [0.2, 0.25) is 0 Å². The molecule has 0 aliphatic rings. The summed E-state index contributed by atoms with van der Waals surface area (Å²) in [5.74, 6) is 0.506. The number of phenols is 1. The molecule has 2 N–H and O–H groups in total. The van der Waals surface area contributed by atoms with Crippen molar-refractivity contribution >= 4 is 5.78 Å². The highest BCUT2D eigenvalue weighted by molar-refractivity contribution is 5.81. The van der Waals surface area contributed by atoms with E-state index in [4.69, 9.17) is 0 Å². The van der Waals surface area contributed by atoms with Gasteiger partial charge in [0.25, 0.3) is 0 Å². The predicted molar refractivity (Wildman–Crippen MR) is 98.6 cm³/mol. The lowest BCUT2D eigenvalue weighted by Gasteiger charge is -2.12. The topological polar surface area (TPSA) is 49.3 Å². The number of benzene rings is 1. The number of hydrogen-bond donors (Lipinski definition) is 2. The van der Waals surface area contributed by atoms with Crippen LogP contribution in [-0.2, 0) is 11.2 Å². The highest BCUT2D eigenvalue weighted by atomic mass is 16.3. The van der Waals surface area contributed by atoms with Crippen molar-refractivity contribution in [2.24, 2.45) is 0 Å². The van der Waals surface area contributed by atoms with Crippen LogP contribution >= 0.6 is 0 Å². The van der Waals surface area contributed by atoms with E-state index in [1.165, 1.54) is 0 Å². The van der Waals surface area contributed by atoms with Crippen molar-refractivity contribution in [2.75, 3.05) is 7.05 Å². The van der Waals surface area contributed by atoms with Crippen LogP contribution in [-0.4, -0.2) is 24.0 Å². The Morgan fingerprint density at radius 1 is 1.09 bits per heavy atom. The van der Waals surface area contributed by atoms with Crippen LogP contribution in [0.25, 0.3) is 0 Å². The van der Waals surface area contributed by atoms with Gasteiger partial charge in [-0.3, -0.25) is 4.79 Å². The number of carbonyl (C=O) groups is 1. The third-order valence-corrected chi connectivity index (χ3v) is 2.77. The Balaban J connectivity index is -0.000000535. The lowest BCUT2D eigenvalue weighted by Crippen LogP contribution is -2.32. The average molecular weight is 312 g/mol. The summed E-state index contributed by atoms with van der Waals surface area (Å²) in [6.07, 6.45) is 2.50. The number of aryl methyl sites for hydroxylation is 1. The fourth-order valence-corrected chi connectivity index (χ4v) is 1.77. The van der Waals surface area contributed by atoms with E-state index in [-0.39, 0.29) is 11.8 Å². The molecule has 0 bridgehead atoms. The Kier molecular flexibility index (Phi) is 22.9. The standard InChI is InChI=1S/C13H19NO2.3C2H6/c1-10(15)12(14-2)8-5-7-11-6-3-4-9-13(11)16;3*1-2/h3-4,6,9,12,14,16H,5,7-8H2,1-2H3;3*1-2H3. The smallest absolute Gasteiger partial charge is 0.146 e. The molecule has 130 valence electrons. The van der Waals surface area contributed by atoms with Gasteiger partial charge in [0.05, 0.1) is 6.04 Å². The maximum absolute atomic E-state index is 11.2. The van der Waals surface area contributed by atoms with Gasteiger partial charge in [0, 0.05) is 0 Å². The van der Waals surface area contributed by atoms with Gasteiger partial charge in [-0.1, -0.05) is 59.7 Å². The molecule has 0 fully saturated rings. The van der Waals surface area contributed by atoms with Crippen LogP contribution in [0.15, 0.2) is 24.3 Å². The highest BCUT2D eigenvalue weighted by Gasteiger charge is 2.10. The molecule has 0 amide bonds. The van der Waals surface area contributed by atoms with E-state index in [1.807, 2.05) is 59.7 Å². The molecular weight excluding hydrogens is 274 g/mol. The van der Waals surface area contributed by atoms with Crippen LogP contribution in [0, 0.1) is 0 Å². The maximum atomic E-state index is 11.2. The van der Waals surface area contributed by atoms with E-state index in [1.54, 1.807) is 20.0 Å². The van der Waals surface area contributed by atoms with E-state index in [2.05, 4.69) is 5.32 Å². The van der Waals surface area contributed by atoms with Gasteiger partial charge in [0.15, 0.2) is 0 Å². The molecule has 1 rings (SSSR count). The number of rotatable bonds is 6. The third kappa shape index (κ3) is 12.4. The van der Waals surface area contributed by atoms with Crippen molar-refractivity contribution < 1.29 is 9.90 Å².